The van der Waals surface area contributed by atoms with E-state index in [4.69, 9.17) is 11.6 Å². The van der Waals surface area contributed by atoms with Gasteiger partial charge in [0.15, 0.2) is 6.07 Å². The molecule has 7 nitrogen and oxygen atoms in total. The van der Waals surface area contributed by atoms with Crippen LogP contribution in [0.15, 0.2) is 0 Å². The Labute approximate surface area is 110 Å². The van der Waals surface area contributed by atoms with Gasteiger partial charge in [-0.15, -0.1) is 0 Å². The van der Waals surface area contributed by atoms with Crippen molar-refractivity contribution in [3.8, 4) is 0 Å². The Morgan fingerprint density at radius 2 is 1.39 bits per heavy atom. The molecule has 0 unspecified atom stereocenters. The fourth-order valence-electron chi connectivity index (χ4n) is 1.05. The average Bonchev–Trinajstić information content (AvgIpc) is 2.29. The van der Waals surface area contributed by atoms with Crippen molar-refractivity contribution in [2.45, 2.75) is 13.8 Å². The van der Waals surface area contributed by atoms with Gasteiger partial charge in [-0.05, 0) is 13.8 Å². The molecule has 104 valence electrons. The third-order valence-electron chi connectivity index (χ3n) is 1.69. The van der Waals surface area contributed by atoms with Crippen molar-refractivity contribution in [2.24, 2.45) is 0 Å². The fraction of sp³-hybridized carbons (Fsp3) is 0.700. The van der Waals surface area contributed by atoms with Gasteiger partial charge in [0.05, 0.1) is 13.2 Å². The molecule has 0 rings (SSSR count). The lowest BCUT2D eigenvalue weighted by Crippen LogP contribution is -2.40. The number of carbonyl (C=O) groups is 3. The quantitative estimate of drug-likeness (QED) is 0.389. The number of esters is 2. The van der Waals surface area contributed by atoms with Crippen molar-refractivity contribution in [3.05, 3.63) is 0 Å². The first-order valence-corrected chi connectivity index (χ1v) is 5.87. The van der Waals surface area contributed by atoms with E-state index in [1.54, 1.807) is 13.8 Å². The number of rotatable bonds is 7. The summed E-state index contributed by atoms with van der Waals surface area (Å²) < 4.78 is 13.8. The first-order chi connectivity index (χ1) is 8.54. The fourth-order valence-corrected chi connectivity index (χ4v) is 1.14. The van der Waals surface area contributed by atoms with Gasteiger partial charge in [0.1, 0.15) is 13.1 Å². The van der Waals surface area contributed by atoms with Crippen LogP contribution in [0.1, 0.15) is 13.8 Å². The normalized spacial score (nSPS) is 9.50. The molecular formula is C10H16ClNO6. The summed E-state index contributed by atoms with van der Waals surface area (Å²) in [4.78, 5) is 34.8. The van der Waals surface area contributed by atoms with Crippen LogP contribution < -0.4 is 0 Å². The summed E-state index contributed by atoms with van der Waals surface area (Å²) in [6.45, 7) is 2.81. The molecule has 0 aliphatic rings. The van der Waals surface area contributed by atoms with E-state index in [9.17, 15) is 14.4 Å². The molecule has 0 aromatic carbocycles. The molecule has 0 bridgehead atoms. The van der Waals surface area contributed by atoms with Gasteiger partial charge in [0.2, 0.25) is 0 Å². The summed E-state index contributed by atoms with van der Waals surface area (Å²) in [6.07, 6.45) is -0.883. The Balaban J connectivity index is 4.46. The van der Waals surface area contributed by atoms with Crippen LogP contribution >= 0.6 is 11.6 Å². The second-order valence-corrected chi connectivity index (χ2v) is 3.20. The van der Waals surface area contributed by atoms with Crippen LogP contribution in [0.5, 0.6) is 0 Å². The molecule has 1 amide bonds. The lowest BCUT2D eigenvalue weighted by Gasteiger charge is -2.19. The van der Waals surface area contributed by atoms with Crippen LogP contribution in [0.2, 0.25) is 0 Å². The Morgan fingerprint density at radius 1 is 0.944 bits per heavy atom. The van der Waals surface area contributed by atoms with Crippen molar-refractivity contribution < 1.29 is 28.6 Å². The first-order valence-electron chi connectivity index (χ1n) is 5.34. The van der Waals surface area contributed by atoms with Gasteiger partial charge in [-0.25, -0.2) is 4.79 Å². The summed E-state index contributed by atoms with van der Waals surface area (Å²) in [5.74, 6) is -1.29. The Bertz CT molecular complexity index is 276. The molecule has 0 N–H and O–H groups in total. The second-order valence-electron chi connectivity index (χ2n) is 2.99. The van der Waals surface area contributed by atoms with Crippen LogP contribution in [-0.4, -0.2) is 55.3 Å². The van der Waals surface area contributed by atoms with E-state index < -0.39 is 31.1 Å². The van der Waals surface area contributed by atoms with Crippen molar-refractivity contribution in [3.63, 3.8) is 0 Å². The second kappa shape index (κ2) is 9.52. The highest BCUT2D eigenvalue weighted by Crippen LogP contribution is 1.98. The summed E-state index contributed by atoms with van der Waals surface area (Å²) in [5.41, 5.74) is 0. The monoisotopic (exact) mass is 281 g/mol. The molecular weight excluding hydrogens is 266 g/mol. The zero-order valence-corrected chi connectivity index (χ0v) is 11.1. The third-order valence-corrected chi connectivity index (χ3v) is 1.80. The topological polar surface area (TPSA) is 82.1 Å². The number of hydrogen-bond acceptors (Lipinski definition) is 6. The molecule has 0 saturated heterocycles. The zero-order valence-electron chi connectivity index (χ0n) is 10.3. The largest absolute Gasteiger partial charge is 0.465 e. The highest BCUT2D eigenvalue weighted by molar-refractivity contribution is 6.17. The van der Waals surface area contributed by atoms with Crippen molar-refractivity contribution in [2.75, 3.05) is 32.4 Å². The van der Waals surface area contributed by atoms with Gasteiger partial charge in [-0.3, -0.25) is 14.5 Å². The lowest BCUT2D eigenvalue weighted by molar-refractivity contribution is -0.147. The minimum absolute atomic E-state index is 0.177. The number of carbonyl (C=O) groups excluding carboxylic acids is 3. The Morgan fingerprint density at radius 3 is 1.72 bits per heavy atom. The number of ether oxygens (including phenoxy) is 3. The molecule has 0 aromatic rings. The standard InChI is InChI=1S/C10H16ClNO6/c1-3-16-8(13)5-12(10(15)18-7-11)6-9(14)17-4-2/h3-7H2,1-2H3. The highest BCUT2D eigenvalue weighted by atomic mass is 35.5. The molecule has 0 aromatic heterocycles. The molecule has 0 spiro atoms. The highest BCUT2D eigenvalue weighted by Gasteiger charge is 2.22. The minimum Gasteiger partial charge on any atom is -0.465 e. The maximum Gasteiger partial charge on any atom is 0.412 e. The van der Waals surface area contributed by atoms with Gasteiger partial charge < -0.3 is 14.2 Å². The number of amides is 1. The smallest absolute Gasteiger partial charge is 0.412 e. The predicted molar refractivity (Wildman–Crippen MR) is 62.0 cm³/mol. The van der Waals surface area contributed by atoms with Gasteiger partial charge in [0, 0.05) is 0 Å². The minimum atomic E-state index is -0.883. The zero-order chi connectivity index (χ0) is 14.0. The van der Waals surface area contributed by atoms with Gasteiger partial charge in [-0.2, -0.15) is 0 Å². The van der Waals surface area contributed by atoms with Gasteiger partial charge in [0.25, 0.3) is 0 Å². The first kappa shape index (κ1) is 16.5. The van der Waals surface area contributed by atoms with Crippen LogP contribution in [0.3, 0.4) is 0 Å². The van der Waals surface area contributed by atoms with Crippen LogP contribution in [0.25, 0.3) is 0 Å². The Kier molecular flexibility index (Phi) is 8.73. The maximum absolute atomic E-state index is 11.4. The summed E-state index contributed by atoms with van der Waals surface area (Å²) >= 11 is 5.23. The predicted octanol–water partition coefficient (Wildman–Crippen LogP) is 0.747. The molecule has 0 heterocycles. The van der Waals surface area contributed by atoms with Gasteiger partial charge in [-0.1, -0.05) is 11.6 Å². The van der Waals surface area contributed by atoms with E-state index in [2.05, 4.69) is 14.2 Å². The molecule has 0 atom stereocenters. The van der Waals surface area contributed by atoms with Crippen LogP contribution in [0, 0.1) is 0 Å². The van der Waals surface area contributed by atoms with Crippen LogP contribution in [-0.2, 0) is 23.8 Å². The van der Waals surface area contributed by atoms with E-state index in [1.807, 2.05) is 0 Å². The molecule has 18 heavy (non-hydrogen) atoms. The van der Waals surface area contributed by atoms with E-state index in [-0.39, 0.29) is 19.3 Å². The summed E-state index contributed by atoms with van der Waals surface area (Å²) in [7, 11) is 0. The molecule has 0 aliphatic heterocycles. The molecule has 0 aliphatic carbocycles. The van der Waals surface area contributed by atoms with E-state index >= 15 is 0 Å². The van der Waals surface area contributed by atoms with Gasteiger partial charge >= 0.3 is 18.0 Å². The van der Waals surface area contributed by atoms with Crippen molar-refractivity contribution in [1.29, 1.82) is 0 Å². The molecule has 0 radical (unpaired) electrons. The summed E-state index contributed by atoms with van der Waals surface area (Å²) in [6, 6.07) is -0.374. The summed E-state index contributed by atoms with van der Waals surface area (Å²) in [5, 5.41) is 0. The molecule has 0 fully saturated rings. The Hall–Kier alpha value is -1.50. The van der Waals surface area contributed by atoms with Crippen molar-refractivity contribution in [1.82, 2.24) is 4.90 Å². The van der Waals surface area contributed by atoms with E-state index in [1.165, 1.54) is 0 Å². The maximum atomic E-state index is 11.4. The number of alkyl halides is 1. The molecule has 8 heteroatoms. The lowest BCUT2D eigenvalue weighted by atomic mass is 10.5. The van der Waals surface area contributed by atoms with Crippen molar-refractivity contribution >= 4 is 29.6 Å². The van der Waals surface area contributed by atoms with Crippen LogP contribution in [0.4, 0.5) is 4.79 Å². The third kappa shape index (κ3) is 6.95. The average molecular weight is 282 g/mol. The SMILES string of the molecule is CCOC(=O)CN(CC(=O)OCC)C(=O)OCCl. The van der Waals surface area contributed by atoms with E-state index in [0.29, 0.717) is 0 Å². The number of nitrogens with zero attached hydrogens (tertiary/aromatic N) is 1. The number of halogens is 1. The number of hydrogen-bond donors (Lipinski definition) is 0. The van der Waals surface area contributed by atoms with E-state index in [0.717, 1.165) is 4.90 Å². The molecule has 0 saturated carbocycles.